The van der Waals surface area contributed by atoms with Crippen LogP contribution in [0.2, 0.25) is 0 Å². The van der Waals surface area contributed by atoms with E-state index in [2.05, 4.69) is 51.7 Å². The fourth-order valence-electron chi connectivity index (χ4n) is 2.49. The molecule has 0 saturated carbocycles. The van der Waals surface area contributed by atoms with E-state index in [4.69, 9.17) is 0 Å². The molecule has 0 N–H and O–H groups in total. The molecule has 1 aromatic carbocycles. The first kappa shape index (κ1) is 11.3. The quantitative estimate of drug-likeness (QED) is 0.823. The SMILES string of the molecule is CN1CCN=C1CCc1nc2ccccc2n1C. The van der Waals surface area contributed by atoms with Crippen molar-refractivity contribution in [1.29, 1.82) is 0 Å². The molecule has 0 fully saturated rings. The highest BCUT2D eigenvalue weighted by molar-refractivity contribution is 5.83. The maximum absolute atomic E-state index is 4.69. The van der Waals surface area contributed by atoms with Gasteiger partial charge in [0.05, 0.1) is 23.4 Å². The Labute approximate surface area is 107 Å². The third-order valence-electron chi connectivity index (χ3n) is 3.62. The smallest absolute Gasteiger partial charge is 0.110 e. The molecule has 4 nitrogen and oxygen atoms in total. The van der Waals surface area contributed by atoms with E-state index in [9.17, 15) is 0 Å². The molecule has 2 aromatic rings. The highest BCUT2D eigenvalue weighted by Crippen LogP contribution is 2.16. The molecule has 1 aliphatic heterocycles. The van der Waals surface area contributed by atoms with Crippen LogP contribution in [-0.4, -0.2) is 40.4 Å². The van der Waals surface area contributed by atoms with Gasteiger partial charge in [-0.1, -0.05) is 12.1 Å². The van der Waals surface area contributed by atoms with E-state index in [1.165, 1.54) is 11.4 Å². The molecule has 0 bridgehead atoms. The number of rotatable bonds is 3. The third-order valence-corrected chi connectivity index (χ3v) is 3.62. The summed E-state index contributed by atoms with van der Waals surface area (Å²) in [5.41, 5.74) is 2.28. The van der Waals surface area contributed by atoms with Crippen LogP contribution in [0.25, 0.3) is 11.0 Å². The van der Waals surface area contributed by atoms with E-state index in [1.807, 2.05) is 6.07 Å². The van der Waals surface area contributed by atoms with Crippen LogP contribution < -0.4 is 0 Å². The summed E-state index contributed by atoms with van der Waals surface area (Å²) < 4.78 is 2.19. The van der Waals surface area contributed by atoms with E-state index in [0.29, 0.717) is 0 Å². The minimum absolute atomic E-state index is 0.939. The van der Waals surface area contributed by atoms with Crippen molar-refractivity contribution >= 4 is 16.9 Å². The van der Waals surface area contributed by atoms with Crippen LogP contribution in [0.4, 0.5) is 0 Å². The fraction of sp³-hybridized carbons (Fsp3) is 0.429. The lowest BCUT2D eigenvalue weighted by Crippen LogP contribution is -2.23. The molecular weight excluding hydrogens is 224 g/mol. The normalized spacial score (nSPS) is 15.4. The van der Waals surface area contributed by atoms with E-state index < -0.39 is 0 Å². The zero-order valence-corrected chi connectivity index (χ0v) is 10.9. The molecule has 0 amide bonds. The summed E-state index contributed by atoms with van der Waals surface area (Å²) >= 11 is 0. The number of aryl methyl sites for hydroxylation is 2. The second kappa shape index (κ2) is 4.44. The Balaban J connectivity index is 1.80. The fourth-order valence-corrected chi connectivity index (χ4v) is 2.49. The molecule has 1 aliphatic rings. The van der Waals surface area contributed by atoms with E-state index in [-0.39, 0.29) is 0 Å². The number of hydrogen-bond donors (Lipinski definition) is 0. The Kier molecular flexibility index (Phi) is 2.78. The second-order valence-corrected chi connectivity index (χ2v) is 4.80. The van der Waals surface area contributed by atoms with Gasteiger partial charge in [-0.25, -0.2) is 4.98 Å². The van der Waals surface area contributed by atoms with Gasteiger partial charge in [0, 0.05) is 33.5 Å². The lowest BCUT2D eigenvalue weighted by molar-refractivity contribution is 0.543. The van der Waals surface area contributed by atoms with Crippen molar-refractivity contribution in [1.82, 2.24) is 14.5 Å². The molecule has 94 valence electrons. The first-order valence-corrected chi connectivity index (χ1v) is 6.40. The van der Waals surface area contributed by atoms with E-state index in [1.54, 1.807) is 0 Å². The topological polar surface area (TPSA) is 33.4 Å². The highest BCUT2D eigenvalue weighted by Gasteiger charge is 2.14. The molecule has 0 spiro atoms. The van der Waals surface area contributed by atoms with Crippen molar-refractivity contribution in [2.24, 2.45) is 12.0 Å². The number of aliphatic imine (C=N–C) groups is 1. The largest absolute Gasteiger partial charge is 0.362 e. The first-order chi connectivity index (χ1) is 8.75. The average molecular weight is 242 g/mol. The van der Waals surface area contributed by atoms with Crippen molar-refractivity contribution in [3.05, 3.63) is 30.1 Å². The molecule has 0 radical (unpaired) electrons. The van der Waals surface area contributed by atoms with Gasteiger partial charge in [-0.15, -0.1) is 0 Å². The van der Waals surface area contributed by atoms with Gasteiger partial charge in [0.25, 0.3) is 0 Å². The number of likely N-dealkylation sites (N-methyl/N-ethyl adjacent to an activating group) is 1. The van der Waals surface area contributed by atoms with Crippen LogP contribution in [-0.2, 0) is 13.5 Å². The molecule has 0 atom stereocenters. The Hall–Kier alpha value is -1.84. The standard InChI is InChI=1S/C14H18N4/c1-17-10-9-15-13(17)7-8-14-16-11-5-3-4-6-12(11)18(14)2/h3-6H,7-10H2,1-2H3. The molecule has 0 unspecified atom stereocenters. The zero-order chi connectivity index (χ0) is 12.5. The van der Waals surface area contributed by atoms with Gasteiger partial charge in [-0.2, -0.15) is 0 Å². The summed E-state index contributed by atoms with van der Waals surface area (Å²) in [7, 11) is 4.20. The van der Waals surface area contributed by atoms with Crippen LogP contribution in [0.1, 0.15) is 12.2 Å². The number of amidine groups is 1. The van der Waals surface area contributed by atoms with Crippen LogP contribution >= 0.6 is 0 Å². The van der Waals surface area contributed by atoms with Crippen LogP contribution in [0.15, 0.2) is 29.3 Å². The average Bonchev–Trinajstić information content (AvgIpc) is 2.92. The molecule has 0 saturated heterocycles. The summed E-state index contributed by atoms with van der Waals surface area (Å²) in [6, 6.07) is 8.28. The number of nitrogens with zero attached hydrogens (tertiary/aromatic N) is 4. The van der Waals surface area contributed by atoms with E-state index >= 15 is 0 Å². The van der Waals surface area contributed by atoms with Crippen LogP contribution in [0.3, 0.4) is 0 Å². The predicted octanol–water partition coefficient (Wildman–Crippen LogP) is 1.85. The number of benzene rings is 1. The second-order valence-electron chi connectivity index (χ2n) is 4.80. The van der Waals surface area contributed by atoms with E-state index in [0.717, 1.165) is 37.3 Å². The summed E-state index contributed by atoms with van der Waals surface area (Å²) in [5.74, 6) is 2.35. The highest BCUT2D eigenvalue weighted by atomic mass is 15.2. The summed E-state index contributed by atoms with van der Waals surface area (Å²) in [6.45, 7) is 1.99. The molecule has 4 heteroatoms. The summed E-state index contributed by atoms with van der Waals surface area (Å²) in [5, 5.41) is 0. The van der Waals surface area contributed by atoms with Gasteiger partial charge in [0.15, 0.2) is 0 Å². The summed E-state index contributed by atoms with van der Waals surface area (Å²) in [4.78, 5) is 11.4. The van der Waals surface area contributed by atoms with Crippen molar-refractivity contribution < 1.29 is 0 Å². The number of fused-ring (bicyclic) bond motifs is 1. The zero-order valence-electron chi connectivity index (χ0n) is 10.9. The molecule has 18 heavy (non-hydrogen) atoms. The van der Waals surface area contributed by atoms with Gasteiger partial charge in [-0.3, -0.25) is 4.99 Å². The van der Waals surface area contributed by atoms with Crippen molar-refractivity contribution in [3.8, 4) is 0 Å². The third kappa shape index (κ3) is 1.88. The Bertz CT molecular complexity index is 597. The van der Waals surface area contributed by atoms with Crippen molar-refractivity contribution in [2.75, 3.05) is 20.1 Å². The molecule has 1 aromatic heterocycles. The van der Waals surface area contributed by atoms with Crippen LogP contribution in [0, 0.1) is 0 Å². The minimum Gasteiger partial charge on any atom is -0.362 e. The number of para-hydroxylation sites is 2. The van der Waals surface area contributed by atoms with Gasteiger partial charge >= 0.3 is 0 Å². The van der Waals surface area contributed by atoms with Crippen molar-refractivity contribution in [2.45, 2.75) is 12.8 Å². The van der Waals surface area contributed by atoms with Gasteiger partial charge < -0.3 is 9.47 Å². The lowest BCUT2D eigenvalue weighted by Gasteiger charge is -2.13. The first-order valence-electron chi connectivity index (χ1n) is 6.40. The molecular formula is C14H18N4. The van der Waals surface area contributed by atoms with Gasteiger partial charge in [-0.05, 0) is 12.1 Å². The maximum Gasteiger partial charge on any atom is 0.110 e. The molecule has 0 aliphatic carbocycles. The minimum atomic E-state index is 0.939. The van der Waals surface area contributed by atoms with Gasteiger partial charge in [0.2, 0.25) is 0 Å². The maximum atomic E-state index is 4.69. The van der Waals surface area contributed by atoms with Crippen LogP contribution in [0.5, 0.6) is 0 Å². The Morgan fingerprint density at radius 1 is 1.17 bits per heavy atom. The van der Waals surface area contributed by atoms with Gasteiger partial charge in [0.1, 0.15) is 5.82 Å². The molecule has 2 heterocycles. The lowest BCUT2D eigenvalue weighted by atomic mass is 10.2. The Morgan fingerprint density at radius 3 is 2.72 bits per heavy atom. The predicted molar refractivity (Wildman–Crippen MR) is 74.0 cm³/mol. The summed E-state index contributed by atoms with van der Waals surface area (Å²) in [6.07, 6.45) is 1.93. The monoisotopic (exact) mass is 242 g/mol. The molecule has 3 rings (SSSR count). The number of imidazole rings is 1. The number of hydrogen-bond acceptors (Lipinski definition) is 3. The Morgan fingerprint density at radius 2 is 2.00 bits per heavy atom. The number of aromatic nitrogens is 2. The van der Waals surface area contributed by atoms with Crippen molar-refractivity contribution in [3.63, 3.8) is 0 Å².